The lowest BCUT2D eigenvalue weighted by Crippen LogP contribution is -2.25. The van der Waals surface area contributed by atoms with Gasteiger partial charge >= 0.3 is 0 Å². The normalized spacial score (nSPS) is 13.9. The Hall–Kier alpha value is -3.26. The minimum atomic E-state index is -0.465. The van der Waals surface area contributed by atoms with E-state index in [1.807, 2.05) is 30.3 Å². The van der Waals surface area contributed by atoms with E-state index in [0.717, 1.165) is 11.3 Å². The maximum Gasteiger partial charge on any atom is 0.262 e. The van der Waals surface area contributed by atoms with Crippen LogP contribution in [0.15, 0.2) is 48.0 Å². The van der Waals surface area contributed by atoms with Gasteiger partial charge in [-0.05, 0) is 25.1 Å². The molecule has 5 heteroatoms. The van der Waals surface area contributed by atoms with Crippen LogP contribution < -0.4 is 10.6 Å². The van der Waals surface area contributed by atoms with E-state index in [0.29, 0.717) is 16.8 Å². The number of fused-ring (bicyclic) bond motifs is 2. The lowest BCUT2D eigenvalue weighted by molar-refractivity contribution is -0.116. The number of hydrogen-bond donors (Lipinski definition) is 3. The van der Waals surface area contributed by atoms with Gasteiger partial charge in [0.25, 0.3) is 5.91 Å². The standard InChI is InChI=1S/C18H14N3O2/c1-2-20-18(23)14(10-19)17-12-5-3-4-6-15(12)21-16-9-11(22)7-8-13(16)17/h3-9,21-22H,1-2H2,(H,20,23)/b17-14-. The van der Waals surface area contributed by atoms with Crippen molar-refractivity contribution in [3.63, 3.8) is 0 Å². The topological polar surface area (TPSA) is 85.2 Å². The average Bonchev–Trinajstić information content (AvgIpc) is 2.55. The van der Waals surface area contributed by atoms with Gasteiger partial charge in [-0.1, -0.05) is 18.2 Å². The molecule has 3 rings (SSSR count). The molecule has 0 saturated heterocycles. The Morgan fingerprint density at radius 3 is 2.70 bits per heavy atom. The van der Waals surface area contributed by atoms with Crippen LogP contribution in [0.3, 0.4) is 0 Å². The maximum absolute atomic E-state index is 12.3. The molecule has 1 amide bonds. The van der Waals surface area contributed by atoms with E-state index in [2.05, 4.69) is 17.6 Å². The molecule has 1 aliphatic rings. The van der Waals surface area contributed by atoms with E-state index in [-0.39, 0.29) is 17.9 Å². The number of phenols is 1. The molecule has 0 aromatic heterocycles. The molecule has 1 aliphatic heterocycles. The van der Waals surface area contributed by atoms with Crippen molar-refractivity contribution in [1.82, 2.24) is 5.32 Å². The lowest BCUT2D eigenvalue weighted by atomic mass is 9.87. The van der Waals surface area contributed by atoms with Gasteiger partial charge in [-0.2, -0.15) is 5.26 Å². The Morgan fingerprint density at radius 2 is 1.96 bits per heavy atom. The fourth-order valence-corrected chi connectivity index (χ4v) is 2.65. The molecule has 23 heavy (non-hydrogen) atoms. The number of carbonyl (C=O) groups is 1. The first-order chi connectivity index (χ1) is 11.2. The van der Waals surface area contributed by atoms with Crippen molar-refractivity contribution in [1.29, 1.82) is 5.26 Å². The van der Waals surface area contributed by atoms with Gasteiger partial charge in [-0.3, -0.25) is 4.79 Å². The van der Waals surface area contributed by atoms with Crippen molar-refractivity contribution in [3.05, 3.63) is 66.1 Å². The van der Waals surface area contributed by atoms with Crippen LogP contribution in [0.2, 0.25) is 0 Å². The van der Waals surface area contributed by atoms with Gasteiger partial charge in [0, 0.05) is 35.0 Å². The Balaban J connectivity index is 2.31. The second-order valence-electron chi connectivity index (χ2n) is 5.02. The first kappa shape index (κ1) is 14.7. The van der Waals surface area contributed by atoms with Gasteiger partial charge in [0.15, 0.2) is 0 Å². The van der Waals surface area contributed by atoms with E-state index in [1.165, 1.54) is 6.07 Å². The summed E-state index contributed by atoms with van der Waals surface area (Å²) in [5.41, 5.74) is 3.45. The predicted molar refractivity (Wildman–Crippen MR) is 87.8 cm³/mol. The van der Waals surface area contributed by atoms with E-state index < -0.39 is 5.91 Å². The Morgan fingerprint density at radius 1 is 1.22 bits per heavy atom. The van der Waals surface area contributed by atoms with Crippen molar-refractivity contribution >= 4 is 22.9 Å². The number of nitrogens with one attached hydrogen (secondary N) is 2. The molecule has 2 aromatic rings. The van der Waals surface area contributed by atoms with Crippen molar-refractivity contribution in [2.75, 3.05) is 11.9 Å². The summed E-state index contributed by atoms with van der Waals surface area (Å²) in [5.74, 6) is -0.357. The Labute approximate surface area is 133 Å². The SMILES string of the molecule is [CH2]CNC(=O)/C(C#N)=C1/c2ccccc2Nc2cc(O)ccc21. The van der Waals surface area contributed by atoms with Crippen molar-refractivity contribution < 1.29 is 9.90 Å². The van der Waals surface area contributed by atoms with Crippen molar-refractivity contribution in [2.24, 2.45) is 0 Å². The molecule has 0 saturated carbocycles. The van der Waals surface area contributed by atoms with Crippen LogP contribution in [0, 0.1) is 18.3 Å². The quantitative estimate of drug-likeness (QED) is 0.502. The first-order valence-electron chi connectivity index (χ1n) is 7.07. The summed E-state index contributed by atoms with van der Waals surface area (Å²) in [5, 5.41) is 25.0. The van der Waals surface area contributed by atoms with Crippen molar-refractivity contribution in [2.45, 2.75) is 0 Å². The number of hydrogen-bond acceptors (Lipinski definition) is 4. The highest BCUT2D eigenvalue weighted by atomic mass is 16.3. The third-order valence-electron chi connectivity index (χ3n) is 3.61. The zero-order chi connectivity index (χ0) is 16.4. The number of aromatic hydroxyl groups is 1. The average molecular weight is 304 g/mol. The van der Waals surface area contributed by atoms with Gasteiger partial charge in [0.2, 0.25) is 0 Å². The molecule has 0 unspecified atom stereocenters. The minimum Gasteiger partial charge on any atom is -0.508 e. The van der Waals surface area contributed by atoms with E-state index >= 15 is 0 Å². The molecule has 113 valence electrons. The van der Waals surface area contributed by atoms with Gasteiger partial charge in [-0.25, -0.2) is 0 Å². The van der Waals surface area contributed by atoms with Crippen LogP contribution >= 0.6 is 0 Å². The van der Waals surface area contributed by atoms with E-state index in [1.54, 1.807) is 12.1 Å². The number of amides is 1. The highest BCUT2D eigenvalue weighted by Gasteiger charge is 2.26. The van der Waals surface area contributed by atoms with Crippen LogP contribution in [0.5, 0.6) is 5.75 Å². The highest BCUT2D eigenvalue weighted by molar-refractivity contribution is 6.12. The summed E-state index contributed by atoms with van der Waals surface area (Å²) in [6.45, 7) is 3.77. The van der Waals surface area contributed by atoms with E-state index in [9.17, 15) is 15.2 Å². The minimum absolute atomic E-state index is 0.0227. The number of para-hydroxylation sites is 1. The lowest BCUT2D eigenvalue weighted by Gasteiger charge is -2.25. The summed E-state index contributed by atoms with van der Waals surface area (Å²) in [6, 6.07) is 14.2. The van der Waals surface area contributed by atoms with Gasteiger partial charge in [-0.15, -0.1) is 0 Å². The summed E-state index contributed by atoms with van der Waals surface area (Å²) in [4.78, 5) is 12.3. The molecule has 0 bridgehead atoms. The number of nitriles is 1. The van der Waals surface area contributed by atoms with Gasteiger partial charge in [0.05, 0.1) is 5.69 Å². The zero-order valence-corrected chi connectivity index (χ0v) is 12.3. The van der Waals surface area contributed by atoms with Crippen LogP contribution in [-0.2, 0) is 4.79 Å². The third kappa shape index (κ3) is 2.51. The first-order valence-corrected chi connectivity index (χ1v) is 7.07. The van der Waals surface area contributed by atoms with Crippen LogP contribution in [0.4, 0.5) is 11.4 Å². The van der Waals surface area contributed by atoms with E-state index in [4.69, 9.17) is 0 Å². The van der Waals surface area contributed by atoms with Crippen LogP contribution in [0.25, 0.3) is 5.57 Å². The molecule has 3 N–H and O–H groups in total. The van der Waals surface area contributed by atoms with Crippen LogP contribution in [0.1, 0.15) is 11.1 Å². The molecule has 2 aromatic carbocycles. The fourth-order valence-electron chi connectivity index (χ4n) is 2.65. The molecule has 0 aliphatic carbocycles. The smallest absolute Gasteiger partial charge is 0.262 e. The summed E-state index contributed by atoms with van der Waals surface area (Å²) in [7, 11) is 0. The number of phenolic OH excluding ortho intramolecular Hbond substituents is 1. The largest absolute Gasteiger partial charge is 0.508 e. The number of benzene rings is 2. The molecule has 0 fully saturated rings. The third-order valence-corrected chi connectivity index (χ3v) is 3.61. The number of nitrogens with zero attached hydrogens (tertiary/aromatic N) is 1. The van der Waals surface area contributed by atoms with Crippen molar-refractivity contribution in [3.8, 4) is 11.8 Å². The number of carbonyl (C=O) groups excluding carboxylic acids is 1. The van der Waals surface area contributed by atoms with Gasteiger partial charge in [0.1, 0.15) is 17.4 Å². The monoisotopic (exact) mass is 304 g/mol. The summed E-state index contributed by atoms with van der Waals surface area (Å²) >= 11 is 0. The molecule has 0 spiro atoms. The summed E-state index contributed by atoms with van der Waals surface area (Å²) < 4.78 is 0. The maximum atomic E-state index is 12.3. The summed E-state index contributed by atoms with van der Waals surface area (Å²) in [6.07, 6.45) is 0. The molecule has 1 radical (unpaired) electrons. The second kappa shape index (κ2) is 5.85. The molecule has 1 heterocycles. The highest BCUT2D eigenvalue weighted by Crippen LogP contribution is 2.43. The predicted octanol–water partition coefficient (Wildman–Crippen LogP) is 2.72. The van der Waals surface area contributed by atoms with Crippen LogP contribution in [-0.4, -0.2) is 17.6 Å². The molecule has 5 nitrogen and oxygen atoms in total. The second-order valence-corrected chi connectivity index (χ2v) is 5.02. The number of anilines is 2. The molecular weight excluding hydrogens is 290 g/mol. The Bertz CT molecular complexity index is 863. The number of rotatable bonds is 2. The Kier molecular flexibility index (Phi) is 3.73. The fraction of sp³-hybridized carbons (Fsp3) is 0.0556. The zero-order valence-electron chi connectivity index (χ0n) is 12.3. The molecular formula is C18H14N3O2. The molecule has 0 atom stereocenters. The van der Waals surface area contributed by atoms with Gasteiger partial charge < -0.3 is 15.7 Å².